The van der Waals surface area contributed by atoms with Crippen molar-refractivity contribution < 1.29 is 9.13 Å². The van der Waals surface area contributed by atoms with Crippen molar-refractivity contribution in [3.05, 3.63) is 52.9 Å². The summed E-state index contributed by atoms with van der Waals surface area (Å²) in [6, 6.07) is 5.08. The Labute approximate surface area is 154 Å². The summed E-state index contributed by atoms with van der Waals surface area (Å²) in [5.41, 5.74) is 3.07. The molecule has 1 aromatic heterocycles. The lowest BCUT2D eigenvalue weighted by atomic mass is 9.88. The molecule has 1 aromatic carbocycles. The van der Waals surface area contributed by atoms with Crippen molar-refractivity contribution in [3.8, 4) is 5.75 Å². The van der Waals surface area contributed by atoms with Gasteiger partial charge in [-0.2, -0.15) is 0 Å². The van der Waals surface area contributed by atoms with Crippen molar-refractivity contribution in [1.29, 1.82) is 0 Å². The first-order chi connectivity index (χ1) is 12.7. The van der Waals surface area contributed by atoms with Crippen molar-refractivity contribution in [2.24, 2.45) is 0 Å². The molecule has 0 saturated heterocycles. The van der Waals surface area contributed by atoms with Gasteiger partial charge in [0.1, 0.15) is 17.4 Å². The van der Waals surface area contributed by atoms with Gasteiger partial charge < -0.3 is 4.74 Å². The normalized spacial score (nSPS) is 18.5. The summed E-state index contributed by atoms with van der Waals surface area (Å²) in [5, 5.41) is 0. The second-order valence-corrected chi connectivity index (χ2v) is 7.45. The zero-order chi connectivity index (χ0) is 17.9. The van der Waals surface area contributed by atoms with E-state index in [4.69, 9.17) is 9.72 Å². The molecule has 0 atom stereocenters. The summed E-state index contributed by atoms with van der Waals surface area (Å²) in [5.74, 6) is 1.93. The summed E-state index contributed by atoms with van der Waals surface area (Å²) in [6.45, 7) is 2.28. The van der Waals surface area contributed by atoms with Gasteiger partial charge in [0.2, 0.25) is 0 Å². The maximum absolute atomic E-state index is 14.2. The van der Waals surface area contributed by atoms with Crippen LogP contribution in [0.3, 0.4) is 0 Å². The van der Waals surface area contributed by atoms with Gasteiger partial charge in [0.05, 0.1) is 7.11 Å². The molecule has 0 unspecified atom stereocenters. The smallest absolute Gasteiger partial charge is 0.131 e. The van der Waals surface area contributed by atoms with Crippen LogP contribution < -0.4 is 4.74 Å². The summed E-state index contributed by atoms with van der Waals surface area (Å²) in [4.78, 5) is 11.8. The molecule has 2 aliphatic rings. The molecular formula is C21H26FN3O. The van der Waals surface area contributed by atoms with Crippen LogP contribution in [-0.4, -0.2) is 28.5 Å². The van der Waals surface area contributed by atoms with Gasteiger partial charge in [-0.15, -0.1) is 0 Å². The number of fused-ring (bicyclic) bond motifs is 1. The topological polar surface area (TPSA) is 38.2 Å². The van der Waals surface area contributed by atoms with Crippen molar-refractivity contribution in [2.75, 3.05) is 13.7 Å². The molecule has 1 fully saturated rings. The zero-order valence-electron chi connectivity index (χ0n) is 15.4. The Morgan fingerprint density at radius 1 is 1.23 bits per heavy atom. The SMILES string of the molecule is COc1ccc(CN2CCc3nc(C4CCCCC4)ncc3C2)c(F)c1. The van der Waals surface area contributed by atoms with E-state index in [1.807, 2.05) is 18.3 Å². The summed E-state index contributed by atoms with van der Waals surface area (Å²) < 4.78 is 19.3. The standard InChI is InChI=1S/C21H26FN3O/c1-26-18-8-7-16(19(22)11-18)13-25-10-9-20-17(14-25)12-23-21(24-20)15-5-3-2-4-6-15/h7-8,11-12,15H,2-6,9-10,13-14H2,1H3. The van der Waals surface area contributed by atoms with E-state index >= 15 is 0 Å². The molecule has 26 heavy (non-hydrogen) atoms. The van der Waals surface area contributed by atoms with E-state index in [0.29, 0.717) is 23.8 Å². The predicted molar refractivity (Wildman–Crippen MR) is 98.6 cm³/mol. The first kappa shape index (κ1) is 17.4. The fourth-order valence-electron chi connectivity index (χ4n) is 4.11. The lowest BCUT2D eigenvalue weighted by Crippen LogP contribution is -2.31. The molecule has 0 spiro atoms. The summed E-state index contributed by atoms with van der Waals surface area (Å²) in [7, 11) is 1.55. The third-order valence-corrected chi connectivity index (χ3v) is 5.66. The number of benzene rings is 1. The monoisotopic (exact) mass is 355 g/mol. The van der Waals surface area contributed by atoms with Crippen molar-refractivity contribution in [1.82, 2.24) is 14.9 Å². The molecule has 4 rings (SSSR count). The van der Waals surface area contributed by atoms with E-state index in [0.717, 1.165) is 25.3 Å². The molecule has 1 aliphatic heterocycles. The number of hydrogen-bond donors (Lipinski definition) is 0. The van der Waals surface area contributed by atoms with E-state index < -0.39 is 0 Å². The Bertz CT molecular complexity index is 774. The minimum absolute atomic E-state index is 0.209. The van der Waals surface area contributed by atoms with E-state index in [-0.39, 0.29) is 5.82 Å². The van der Waals surface area contributed by atoms with Gasteiger partial charge in [0, 0.05) is 61.1 Å². The molecule has 0 amide bonds. The molecule has 1 saturated carbocycles. The van der Waals surface area contributed by atoms with Gasteiger partial charge in [-0.3, -0.25) is 4.90 Å². The molecule has 5 heteroatoms. The molecule has 138 valence electrons. The minimum Gasteiger partial charge on any atom is -0.497 e. The number of methoxy groups -OCH3 is 1. The fourth-order valence-corrected chi connectivity index (χ4v) is 4.11. The molecule has 0 N–H and O–H groups in total. The average Bonchev–Trinajstić information content (AvgIpc) is 2.69. The Kier molecular flexibility index (Phi) is 5.16. The third-order valence-electron chi connectivity index (χ3n) is 5.66. The highest BCUT2D eigenvalue weighted by molar-refractivity contribution is 5.29. The predicted octanol–water partition coefficient (Wildman–Crippen LogP) is 4.23. The van der Waals surface area contributed by atoms with Crippen LogP contribution in [0.5, 0.6) is 5.75 Å². The quantitative estimate of drug-likeness (QED) is 0.823. The van der Waals surface area contributed by atoms with Gasteiger partial charge >= 0.3 is 0 Å². The van der Waals surface area contributed by atoms with E-state index in [9.17, 15) is 4.39 Å². The molecule has 1 aliphatic carbocycles. The maximum atomic E-state index is 14.2. The molecule has 2 heterocycles. The Hall–Kier alpha value is -2.01. The summed E-state index contributed by atoms with van der Waals surface area (Å²) in [6.07, 6.45) is 9.30. The minimum atomic E-state index is -0.209. The second kappa shape index (κ2) is 7.70. The van der Waals surface area contributed by atoms with Gasteiger partial charge in [-0.1, -0.05) is 25.3 Å². The third kappa shape index (κ3) is 3.73. The fraction of sp³-hybridized carbons (Fsp3) is 0.524. The van der Waals surface area contributed by atoms with Gasteiger partial charge in [0.15, 0.2) is 0 Å². The number of rotatable bonds is 4. The molecule has 2 aromatic rings. The molecule has 4 nitrogen and oxygen atoms in total. The Balaban J connectivity index is 1.44. The maximum Gasteiger partial charge on any atom is 0.131 e. The van der Waals surface area contributed by atoms with Crippen LogP contribution in [0, 0.1) is 5.82 Å². The van der Waals surface area contributed by atoms with Crippen LogP contribution in [0.25, 0.3) is 0 Å². The number of ether oxygens (including phenoxy) is 1. The second-order valence-electron chi connectivity index (χ2n) is 7.45. The van der Waals surface area contributed by atoms with Crippen LogP contribution in [-0.2, 0) is 19.5 Å². The molecular weight excluding hydrogens is 329 g/mol. The number of aromatic nitrogens is 2. The van der Waals surface area contributed by atoms with Crippen molar-refractivity contribution in [2.45, 2.75) is 57.5 Å². The molecule has 0 bridgehead atoms. The van der Waals surface area contributed by atoms with E-state index in [2.05, 4.69) is 9.88 Å². The van der Waals surface area contributed by atoms with Crippen LogP contribution in [0.4, 0.5) is 4.39 Å². The lowest BCUT2D eigenvalue weighted by molar-refractivity contribution is 0.238. The molecule has 0 radical (unpaired) electrons. The summed E-state index contributed by atoms with van der Waals surface area (Å²) >= 11 is 0. The van der Waals surface area contributed by atoms with Gasteiger partial charge in [0.25, 0.3) is 0 Å². The number of hydrogen-bond acceptors (Lipinski definition) is 4. The van der Waals surface area contributed by atoms with Crippen molar-refractivity contribution >= 4 is 0 Å². The first-order valence-electron chi connectivity index (χ1n) is 9.62. The van der Waals surface area contributed by atoms with Crippen LogP contribution in [0.15, 0.2) is 24.4 Å². The lowest BCUT2D eigenvalue weighted by Gasteiger charge is -2.29. The first-order valence-corrected chi connectivity index (χ1v) is 9.62. The highest BCUT2D eigenvalue weighted by atomic mass is 19.1. The average molecular weight is 355 g/mol. The van der Waals surface area contributed by atoms with Gasteiger partial charge in [-0.05, 0) is 18.9 Å². The zero-order valence-corrected chi connectivity index (χ0v) is 15.4. The number of halogens is 1. The highest BCUT2D eigenvalue weighted by Gasteiger charge is 2.23. The Morgan fingerprint density at radius 3 is 2.85 bits per heavy atom. The van der Waals surface area contributed by atoms with Gasteiger partial charge in [-0.25, -0.2) is 14.4 Å². The van der Waals surface area contributed by atoms with Crippen LogP contribution in [0.1, 0.15) is 60.7 Å². The largest absolute Gasteiger partial charge is 0.497 e. The van der Waals surface area contributed by atoms with Crippen LogP contribution >= 0.6 is 0 Å². The highest BCUT2D eigenvalue weighted by Crippen LogP contribution is 2.31. The number of nitrogens with zero attached hydrogens (tertiary/aromatic N) is 3. The van der Waals surface area contributed by atoms with Crippen molar-refractivity contribution in [3.63, 3.8) is 0 Å². The van der Waals surface area contributed by atoms with E-state index in [1.165, 1.54) is 49.4 Å². The Morgan fingerprint density at radius 2 is 2.08 bits per heavy atom. The van der Waals surface area contributed by atoms with Crippen LogP contribution in [0.2, 0.25) is 0 Å². The van der Waals surface area contributed by atoms with E-state index in [1.54, 1.807) is 7.11 Å².